The lowest BCUT2D eigenvalue weighted by atomic mass is 10.1. The first-order valence-corrected chi connectivity index (χ1v) is 11.0. The molecule has 0 bridgehead atoms. The summed E-state index contributed by atoms with van der Waals surface area (Å²) < 4.78 is 38.0. The first kappa shape index (κ1) is 20.4. The van der Waals surface area contributed by atoms with Gasteiger partial charge in [0, 0.05) is 26.2 Å². The normalized spacial score (nSPS) is 15.6. The molecule has 28 heavy (non-hydrogen) atoms. The molecule has 0 aliphatic carbocycles. The van der Waals surface area contributed by atoms with Gasteiger partial charge in [-0.05, 0) is 48.4 Å². The van der Waals surface area contributed by atoms with E-state index in [-0.39, 0.29) is 18.0 Å². The molecule has 1 aliphatic heterocycles. The number of piperazine rings is 1. The fourth-order valence-corrected chi connectivity index (χ4v) is 4.60. The third-order valence-electron chi connectivity index (χ3n) is 4.66. The van der Waals surface area contributed by atoms with Crippen molar-refractivity contribution in [2.75, 3.05) is 39.4 Å². The highest BCUT2D eigenvalue weighted by Crippen LogP contribution is 2.26. The number of hydrogen-bond donors (Lipinski definition) is 0. The van der Waals surface area contributed by atoms with E-state index in [9.17, 15) is 13.2 Å². The lowest BCUT2D eigenvalue weighted by molar-refractivity contribution is 0.0934. The van der Waals surface area contributed by atoms with Crippen LogP contribution in [-0.4, -0.2) is 63.1 Å². The second-order valence-corrected chi connectivity index (χ2v) is 8.55. The summed E-state index contributed by atoms with van der Waals surface area (Å²) in [5, 5.41) is 1.77. The van der Waals surface area contributed by atoms with Crippen LogP contribution < -0.4 is 4.74 Å². The summed E-state index contributed by atoms with van der Waals surface area (Å²) in [5.41, 5.74) is 0. The summed E-state index contributed by atoms with van der Waals surface area (Å²) in [7, 11) is -3.62. The molecule has 0 saturated carbocycles. The van der Waals surface area contributed by atoms with Gasteiger partial charge in [0.05, 0.1) is 18.1 Å². The highest BCUT2D eigenvalue weighted by Gasteiger charge is 2.30. The summed E-state index contributed by atoms with van der Waals surface area (Å²) in [6.07, 6.45) is 0.532. The Labute approximate surface area is 165 Å². The molecule has 8 heteroatoms. The largest absolute Gasteiger partial charge is 0.494 e. The van der Waals surface area contributed by atoms with Crippen molar-refractivity contribution in [3.05, 3.63) is 36.4 Å². The van der Waals surface area contributed by atoms with Crippen molar-refractivity contribution in [3.8, 4) is 5.75 Å². The van der Waals surface area contributed by atoms with E-state index >= 15 is 0 Å². The average Bonchev–Trinajstić information content (AvgIpc) is 2.72. The number of ether oxygens (including phenoxy) is 2. The number of rotatable bonds is 6. The van der Waals surface area contributed by atoms with Crippen LogP contribution in [0.3, 0.4) is 0 Å². The van der Waals surface area contributed by atoms with Gasteiger partial charge in [0.15, 0.2) is 0 Å². The highest BCUT2D eigenvalue weighted by atomic mass is 32.2. The van der Waals surface area contributed by atoms with Gasteiger partial charge in [-0.2, -0.15) is 4.31 Å². The number of benzene rings is 2. The predicted molar refractivity (Wildman–Crippen MR) is 107 cm³/mol. The minimum Gasteiger partial charge on any atom is -0.494 e. The molecule has 1 aliphatic rings. The Morgan fingerprint density at radius 3 is 2.36 bits per heavy atom. The van der Waals surface area contributed by atoms with E-state index in [0.29, 0.717) is 26.3 Å². The second-order valence-electron chi connectivity index (χ2n) is 6.61. The molecule has 7 nitrogen and oxygen atoms in total. The molecule has 152 valence electrons. The molecule has 0 radical (unpaired) electrons. The molecule has 1 amide bonds. The Balaban J connectivity index is 1.75. The van der Waals surface area contributed by atoms with Gasteiger partial charge in [-0.25, -0.2) is 13.2 Å². The zero-order chi connectivity index (χ0) is 20.1. The smallest absolute Gasteiger partial charge is 0.409 e. The van der Waals surface area contributed by atoms with E-state index in [4.69, 9.17) is 9.47 Å². The Bertz CT molecular complexity index is 937. The van der Waals surface area contributed by atoms with Gasteiger partial charge < -0.3 is 14.4 Å². The molecule has 1 heterocycles. The average molecular weight is 407 g/mol. The van der Waals surface area contributed by atoms with Crippen LogP contribution in [0.5, 0.6) is 5.75 Å². The maximum atomic E-state index is 13.0. The van der Waals surface area contributed by atoms with E-state index in [1.165, 1.54) is 9.21 Å². The predicted octanol–water partition coefficient (Wildman–Crippen LogP) is 3.09. The van der Waals surface area contributed by atoms with Crippen molar-refractivity contribution >= 4 is 26.9 Å². The summed E-state index contributed by atoms with van der Waals surface area (Å²) in [4.78, 5) is 13.6. The third-order valence-corrected chi connectivity index (χ3v) is 6.55. The number of carbonyl (C=O) groups excluding carboxylic acids is 1. The van der Waals surface area contributed by atoms with Gasteiger partial charge in [-0.3, -0.25) is 0 Å². The maximum absolute atomic E-state index is 13.0. The lowest BCUT2D eigenvalue weighted by Crippen LogP contribution is -2.50. The van der Waals surface area contributed by atoms with Crippen LogP contribution >= 0.6 is 0 Å². The van der Waals surface area contributed by atoms with Crippen LogP contribution in [0.2, 0.25) is 0 Å². The van der Waals surface area contributed by atoms with E-state index in [2.05, 4.69) is 0 Å². The van der Waals surface area contributed by atoms with E-state index < -0.39 is 16.1 Å². The topological polar surface area (TPSA) is 76.2 Å². The van der Waals surface area contributed by atoms with Gasteiger partial charge in [-0.1, -0.05) is 19.1 Å². The molecule has 0 aromatic heterocycles. The maximum Gasteiger partial charge on any atom is 0.409 e. The number of amides is 1. The van der Waals surface area contributed by atoms with Gasteiger partial charge in [-0.15, -0.1) is 0 Å². The van der Waals surface area contributed by atoms with Crippen LogP contribution in [0.25, 0.3) is 10.8 Å². The number of nitrogens with zero attached hydrogens (tertiary/aromatic N) is 2. The first-order valence-electron chi connectivity index (χ1n) is 9.54. The van der Waals surface area contributed by atoms with Gasteiger partial charge in [0.2, 0.25) is 10.0 Å². The van der Waals surface area contributed by atoms with Crippen molar-refractivity contribution in [3.63, 3.8) is 0 Å². The number of sulfonamides is 1. The third kappa shape index (κ3) is 4.39. The Morgan fingerprint density at radius 1 is 1.00 bits per heavy atom. The molecular weight excluding hydrogens is 380 g/mol. The number of carbonyl (C=O) groups is 1. The van der Waals surface area contributed by atoms with Crippen LogP contribution in [-0.2, 0) is 14.8 Å². The quantitative estimate of drug-likeness (QED) is 0.737. The van der Waals surface area contributed by atoms with Gasteiger partial charge in [0.1, 0.15) is 5.75 Å². The SMILES string of the molecule is CCCOc1ccc2cc(S(=O)(=O)N3CCN(C(=O)OCC)CC3)ccc2c1. The highest BCUT2D eigenvalue weighted by molar-refractivity contribution is 7.89. The van der Waals surface area contributed by atoms with Crippen LogP contribution in [0.4, 0.5) is 4.79 Å². The lowest BCUT2D eigenvalue weighted by Gasteiger charge is -2.33. The molecule has 0 unspecified atom stereocenters. The fourth-order valence-electron chi connectivity index (χ4n) is 3.15. The van der Waals surface area contributed by atoms with Gasteiger partial charge >= 0.3 is 6.09 Å². The second kappa shape index (κ2) is 8.79. The van der Waals surface area contributed by atoms with Crippen molar-refractivity contribution in [2.45, 2.75) is 25.2 Å². The van der Waals surface area contributed by atoms with Crippen LogP contribution in [0, 0.1) is 0 Å². The number of fused-ring (bicyclic) bond motifs is 1. The Hall–Kier alpha value is -2.32. The van der Waals surface area contributed by atoms with Gasteiger partial charge in [0.25, 0.3) is 0 Å². The molecule has 2 aromatic carbocycles. The van der Waals surface area contributed by atoms with Crippen LogP contribution in [0.1, 0.15) is 20.3 Å². The minimum absolute atomic E-state index is 0.253. The molecule has 0 atom stereocenters. The summed E-state index contributed by atoms with van der Waals surface area (Å²) in [6.45, 7) is 5.90. The molecule has 3 rings (SSSR count). The monoisotopic (exact) mass is 406 g/mol. The van der Waals surface area contributed by atoms with Crippen LogP contribution in [0.15, 0.2) is 41.3 Å². The first-order chi connectivity index (χ1) is 13.5. The zero-order valence-electron chi connectivity index (χ0n) is 16.3. The van der Waals surface area contributed by atoms with E-state index in [1.807, 2.05) is 25.1 Å². The summed E-state index contributed by atoms with van der Waals surface area (Å²) >= 11 is 0. The van der Waals surface area contributed by atoms with E-state index in [1.54, 1.807) is 25.1 Å². The molecule has 1 fully saturated rings. The Morgan fingerprint density at radius 2 is 1.68 bits per heavy atom. The molecular formula is C20H26N2O5S. The molecule has 0 N–H and O–H groups in total. The summed E-state index contributed by atoms with van der Waals surface area (Å²) in [6, 6.07) is 10.8. The fraction of sp³-hybridized carbons (Fsp3) is 0.450. The Kier molecular flexibility index (Phi) is 6.41. The van der Waals surface area contributed by atoms with Crippen molar-refractivity contribution in [1.29, 1.82) is 0 Å². The van der Waals surface area contributed by atoms with Crippen molar-refractivity contribution in [2.24, 2.45) is 0 Å². The van der Waals surface area contributed by atoms with E-state index in [0.717, 1.165) is 22.9 Å². The molecule has 2 aromatic rings. The zero-order valence-corrected chi connectivity index (χ0v) is 17.1. The standard InChI is InChI=1S/C20H26N2O5S/c1-3-13-27-18-7-5-17-15-19(8-6-16(17)14-18)28(24,25)22-11-9-21(10-12-22)20(23)26-4-2/h5-8,14-15H,3-4,9-13H2,1-2H3. The molecule has 0 spiro atoms. The minimum atomic E-state index is -3.62. The molecule has 1 saturated heterocycles. The van der Waals surface area contributed by atoms with Crippen molar-refractivity contribution < 1.29 is 22.7 Å². The van der Waals surface area contributed by atoms with Crippen molar-refractivity contribution in [1.82, 2.24) is 9.21 Å². The number of hydrogen-bond acceptors (Lipinski definition) is 5. The summed E-state index contributed by atoms with van der Waals surface area (Å²) in [5.74, 6) is 0.778.